The lowest BCUT2D eigenvalue weighted by atomic mass is 9.92. The van der Waals surface area contributed by atoms with Gasteiger partial charge >= 0.3 is 17.9 Å². The van der Waals surface area contributed by atoms with Gasteiger partial charge in [0.2, 0.25) is 16.1 Å². The highest BCUT2D eigenvalue weighted by molar-refractivity contribution is 7.86. The van der Waals surface area contributed by atoms with Crippen LogP contribution in [-0.4, -0.2) is 175 Å². The molecule has 6 aromatic carbocycles. The molecule has 30 heteroatoms. The number of hydrogen-bond donors (Lipinski definition) is 3. The predicted molar refractivity (Wildman–Crippen MR) is 549 cm³/mol. The van der Waals surface area contributed by atoms with E-state index in [0.717, 1.165) is 172 Å². The third-order valence-electron chi connectivity index (χ3n) is 24.6. The molecule has 738 valence electrons. The summed E-state index contributed by atoms with van der Waals surface area (Å²) < 4.78 is 157. The van der Waals surface area contributed by atoms with E-state index in [1.807, 2.05) is 121 Å². The second kappa shape index (κ2) is 50.6. The zero-order valence-corrected chi connectivity index (χ0v) is 85.0. The second-order valence-electron chi connectivity index (χ2n) is 33.8. The van der Waals surface area contributed by atoms with E-state index in [4.69, 9.17) is 27.5 Å². The molecule has 0 bridgehead atoms. The maximum atomic E-state index is 12.8. The van der Waals surface area contributed by atoms with E-state index in [0.29, 0.717) is 158 Å². The average molecular weight is 1940 g/mol. The molecule has 3 N–H and O–H groups in total. The number of carbonyl (C=O) groups excluding carboxylic acids is 3. The van der Waals surface area contributed by atoms with Gasteiger partial charge in [-0.2, -0.15) is 0 Å². The molecule has 0 saturated heterocycles. The average Bonchev–Trinajstić information content (AvgIpc) is 0.747. The highest BCUT2D eigenvalue weighted by Crippen LogP contribution is 2.47. The first-order valence-corrected chi connectivity index (χ1v) is 52.2. The maximum Gasteiger partial charge on any atom is 0.333 e. The fraction of sp³-hybridized carbons (Fsp3) is 0.389. The lowest BCUT2D eigenvalue weighted by molar-refractivity contribution is -0.139. The van der Waals surface area contributed by atoms with Crippen molar-refractivity contribution in [2.45, 2.75) is 177 Å². The van der Waals surface area contributed by atoms with Crippen molar-refractivity contribution in [3.63, 3.8) is 0 Å². The molecule has 0 aromatic heterocycles. The first-order chi connectivity index (χ1) is 66.0. The van der Waals surface area contributed by atoms with Crippen molar-refractivity contribution in [2.75, 3.05) is 133 Å². The van der Waals surface area contributed by atoms with Crippen LogP contribution in [0.3, 0.4) is 0 Å². The van der Waals surface area contributed by atoms with Crippen molar-refractivity contribution in [3.05, 3.63) is 233 Å². The molecule has 0 fully saturated rings. The van der Waals surface area contributed by atoms with Gasteiger partial charge in [-0.15, -0.1) is 0 Å². The molecule has 0 amide bonds. The first-order valence-electron chi connectivity index (χ1n) is 47.9. The Morgan fingerprint density at radius 3 is 0.862 bits per heavy atom. The molecular weight excluding hydrogens is 1810 g/mol. The Balaban J connectivity index is 0.000000214. The summed E-state index contributed by atoms with van der Waals surface area (Å²) in [5.74, 6) is 0.585. The molecule has 6 aliphatic rings. The SMILES string of the molecule is C=C(C)C(=O)OCCCCCCNCc1ccc(-c2c3ccc(=[N+](CC)CC)cc-3oc3cc(N(CC)CC)ccc23)c(S(=O)(=O)[O-])c1.C=C(C)C(=O)OCCCCNCc1ccc(-c2c3ccc(=[N+](CC)CC)cc-3oc3cc(N(CC)CC)ccc23)c(S(=O)(=O)[O-])c1.C=C(C)C(=O)OCCNCc1ccc(-c2c3ccc(=[N+](CC)CC)cc-3oc3cc(N(CC)CC)ccc23)c(S(=O)(=O)[O-])c1. The molecule has 0 unspecified atom stereocenters. The summed E-state index contributed by atoms with van der Waals surface area (Å²) in [7, 11) is -14.5. The summed E-state index contributed by atoms with van der Waals surface area (Å²) in [6.07, 6.45) is 5.02. The lowest BCUT2D eigenvalue weighted by Crippen LogP contribution is -2.29. The van der Waals surface area contributed by atoms with Gasteiger partial charge in [0.05, 0.1) is 46.1 Å². The lowest BCUT2D eigenvalue weighted by Gasteiger charge is -2.23. The molecule has 3 aliphatic heterocycles. The van der Waals surface area contributed by atoms with Crippen molar-refractivity contribution in [1.29, 1.82) is 0 Å². The van der Waals surface area contributed by atoms with Gasteiger partial charge in [-0.3, -0.25) is 0 Å². The topological polar surface area (TPSA) is 345 Å². The monoisotopic (exact) mass is 1940 g/mol. The number of carbonyl (C=O) groups is 3. The summed E-state index contributed by atoms with van der Waals surface area (Å²) in [6.45, 7) is 54.1. The molecule has 6 aromatic rings. The smallest absolute Gasteiger partial charge is 0.333 e. The molecule has 0 atom stereocenters. The molecule has 0 saturated carbocycles. The number of unbranched alkanes of at least 4 members (excludes halogenated alkanes) is 4. The molecule has 3 heterocycles. The fourth-order valence-corrected chi connectivity index (χ4v) is 19.3. The Bertz CT molecular complexity index is 6850. The quantitative estimate of drug-likeness (QED) is 0.00607. The third-order valence-corrected chi connectivity index (χ3v) is 27.2. The normalized spacial score (nSPS) is 11.6. The van der Waals surface area contributed by atoms with Gasteiger partial charge in [-0.05, 0) is 232 Å². The van der Waals surface area contributed by atoms with E-state index >= 15 is 0 Å². The van der Waals surface area contributed by atoms with Crippen molar-refractivity contribution in [3.8, 4) is 67.4 Å². The summed E-state index contributed by atoms with van der Waals surface area (Å²) in [5.41, 5.74) is 13.0. The Morgan fingerprint density at radius 1 is 0.326 bits per heavy atom. The summed E-state index contributed by atoms with van der Waals surface area (Å²) in [6, 6.07) is 50.7. The number of hydrogen-bond acceptors (Lipinski definition) is 24. The molecule has 27 nitrogen and oxygen atoms in total. The largest absolute Gasteiger partial charge is 0.744 e. The van der Waals surface area contributed by atoms with Crippen molar-refractivity contribution < 1.29 is 80.8 Å². The van der Waals surface area contributed by atoms with Crippen LogP contribution in [0.5, 0.6) is 0 Å². The van der Waals surface area contributed by atoms with Crippen LogP contribution in [0.4, 0.5) is 17.1 Å². The second-order valence-corrected chi connectivity index (χ2v) is 37.8. The number of fused-ring (bicyclic) bond motifs is 6. The Labute approximate surface area is 813 Å². The van der Waals surface area contributed by atoms with E-state index in [1.165, 1.54) is 18.2 Å². The fourth-order valence-electron chi connectivity index (χ4n) is 17.1. The van der Waals surface area contributed by atoms with Crippen molar-refractivity contribution in [2.24, 2.45) is 0 Å². The van der Waals surface area contributed by atoms with Crippen LogP contribution in [0.1, 0.15) is 159 Å². The summed E-state index contributed by atoms with van der Waals surface area (Å²) in [5, 5.41) is 14.9. The predicted octanol–water partition coefficient (Wildman–Crippen LogP) is 17.3. The van der Waals surface area contributed by atoms with Crippen molar-refractivity contribution >= 4 is 98.2 Å². The van der Waals surface area contributed by atoms with E-state index in [1.54, 1.807) is 45.0 Å². The number of nitrogens with zero attached hydrogens (tertiary/aromatic N) is 6. The number of nitrogens with one attached hydrogen (secondary N) is 3. The molecule has 0 radical (unpaired) electrons. The van der Waals surface area contributed by atoms with Crippen LogP contribution in [0.2, 0.25) is 0 Å². The molecule has 138 heavy (non-hydrogen) atoms. The van der Waals surface area contributed by atoms with Crippen LogP contribution in [0.15, 0.2) is 228 Å². The molecule has 12 rings (SSSR count). The minimum Gasteiger partial charge on any atom is -0.744 e. The number of anilines is 3. The Hall–Kier alpha value is -12.0. The van der Waals surface area contributed by atoms with E-state index < -0.39 is 42.3 Å². The van der Waals surface area contributed by atoms with Crippen LogP contribution in [0, 0.1) is 0 Å². The van der Waals surface area contributed by atoms with E-state index in [-0.39, 0.29) is 33.8 Å². The van der Waals surface area contributed by atoms with Gasteiger partial charge in [0.15, 0.2) is 0 Å². The zero-order valence-electron chi connectivity index (χ0n) is 82.6. The zero-order chi connectivity index (χ0) is 100. The van der Waals surface area contributed by atoms with Crippen molar-refractivity contribution in [1.82, 2.24) is 29.7 Å². The van der Waals surface area contributed by atoms with Crippen LogP contribution in [-0.2, 0) is 78.6 Å². The van der Waals surface area contributed by atoms with Gasteiger partial charge in [-0.1, -0.05) is 69.0 Å². The number of esters is 3. The number of ether oxygens (including phenoxy) is 3. The Kier molecular flexibility index (Phi) is 39.6. The van der Waals surface area contributed by atoms with E-state index in [2.05, 4.69) is 147 Å². The highest BCUT2D eigenvalue weighted by Gasteiger charge is 2.29. The third kappa shape index (κ3) is 27.6. The maximum absolute atomic E-state index is 12.8. The van der Waals surface area contributed by atoms with Gasteiger partial charge in [0.1, 0.15) is 110 Å². The minimum absolute atomic E-state index is 0.132. The van der Waals surface area contributed by atoms with E-state index in [9.17, 15) is 53.3 Å². The van der Waals surface area contributed by atoms with Crippen LogP contribution < -0.4 is 60.4 Å². The number of rotatable bonds is 45. The van der Waals surface area contributed by atoms with Crippen LogP contribution >= 0.6 is 0 Å². The van der Waals surface area contributed by atoms with Gasteiger partial charge in [0.25, 0.3) is 0 Å². The number of benzene rings is 9. The van der Waals surface area contributed by atoms with Crippen LogP contribution in [0.25, 0.3) is 100 Å². The standard InChI is InChI=1S/C38H49N3O6S.C36H45N3O6S.C34H41N3O6S/c1-7-40(8-2)29-16-19-31-34(24-29)47-35-25-30(41(9-3)10-4)17-20-32(35)37(31)33-18-15-28(23-36(33)48(43,44)45)26-39-21-13-11-12-14-22-46-38(42)27(5)6;1-7-38(8-2)27-14-17-29-32(22-27)45-33-23-28(39(9-3)10-4)15-18-30(33)35(29)31-16-13-26(21-34(31)46(41,42)43)24-37-19-11-12-20-44-36(40)25(5)6;1-7-36(8-2)25-12-15-27-30(20-25)43-31-21-26(37(9-3)10-4)13-16-28(31)33(27)29-14-11-24(19-32(29)44(39,40)41)22-35-17-18-42-34(38)23(5)6/h15-20,23-25,39H,5,7-14,21-22,26H2,1-4,6H3;13-18,21-23,37H,5,7-12,19-20,24H2,1-4,6H3;11-16,19-21,35H,5,7-10,17-18,22H2,1-4,6H3. The molecule has 0 spiro atoms. The minimum atomic E-state index is -4.86. The first kappa shape index (κ1) is 108. The summed E-state index contributed by atoms with van der Waals surface area (Å²) in [4.78, 5) is 40.4. The van der Waals surface area contributed by atoms with Gasteiger partial charge in [0, 0.05) is 202 Å². The molecule has 3 aliphatic carbocycles. The van der Waals surface area contributed by atoms with Gasteiger partial charge in [-0.25, -0.2) is 53.4 Å². The molecular formula is C108H135N9O18S3. The highest BCUT2D eigenvalue weighted by atomic mass is 32.2. The Morgan fingerprint density at radius 2 is 0.587 bits per heavy atom. The summed E-state index contributed by atoms with van der Waals surface area (Å²) >= 11 is 0. The van der Waals surface area contributed by atoms with Gasteiger partial charge < -0.3 is 71.8 Å².